The Balaban J connectivity index is 1.99. The van der Waals surface area contributed by atoms with Gasteiger partial charge in [-0.1, -0.05) is 0 Å². The Hall–Kier alpha value is -2.54. The van der Waals surface area contributed by atoms with Gasteiger partial charge in [-0.25, -0.2) is 4.79 Å². The van der Waals surface area contributed by atoms with Crippen LogP contribution in [0.15, 0.2) is 27.2 Å². The number of ether oxygens (including phenoxy) is 1. The van der Waals surface area contributed by atoms with E-state index in [0.717, 1.165) is 0 Å². The van der Waals surface area contributed by atoms with Crippen LogP contribution in [0.4, 0.5) is 0 Å². The van der Waals surface area contributed by atoms with Gasteiger partial charge in [0.05, 0.1) is 25.8 Å². The summed E-state index contributed by atoms with van der Waals surface area (Å²) < 4.78 is 15.1. The molecule has 0 unspecified atom stereocenters. The van der Waals surface area contributed by atoms with Gasteiger partial charge in [-0.15, -0.1) is 0 Å². The number of aryl methyl sites for hydroxylation is 1. The number of hydrogen-bond donors (Lipinski definition) is 2. The van der Waals surface area contributed by atoms with Gasteiger partial charge in [0.25, 0.3) is 5.91 Å². The van der Waals surface area contributed by atoms with Crippen LogP contribution in [0.2, 0.25) is 0 Å². The van der Waals surface area contributed by atoms with Crippen molar-refractivity contribution in [3.05, 3.63) is 46.8 Å². The molecule has 0 aliphatic rings. The van der Waals surface area contributed by atoms with Crippen molar-refractivity contribution in [2.45, 2.75) is 20.0 Å². The summed E-state index contributed by atoms with van der Waals surface area (Å²) in [4.78, 5) is 23.3. The fourth-order valence-electron chi connectivity index (χ4n) is 1.82. The smallest absolute Gasteiger partial charge is 0.341 e. The third kappa shape index (κ3) is 3.32. The molecule has 0 radical (unpaired) electrons. The normalized spacial score (nSPS) is 10.4. The van der Waals surface area contributed by atoms with Crippen molar-refractivity contribution in [3.8, 4) is 0 Å². The number of nitrogens with one attached hydrogen (secondary N) is 1. The molecule has 2 rings (SSSR count). The molecule has 112 valence electrons. The Morgan fingerprint density at radius 1 is 1.33 bits per heavy atom. The van der Waals surface area contributed by atoms with Crippen LogP contribution in [0.3, 0.4) is 0 Å². The van der Waals surface area contributed by atoms with E-state index in [9.17, 15) is 9.59 Å². The maximum absolute atomic E-state index is 11.9. The van der Waals surface area contributed by atoms with Crippen molar-refractivity contribution in [2.24, 2.45) is 5.73 Å². The van der Waals surface area contributed by atoms with Crippen LogP contribution < -0.4 is 11.1 Å². The molecule has 0 bridgehead atoms. The molecule has 7 nitrogen and oxygen atoms in total. The van der Waals surface area contributed by atoms with Crippen molar-refractivity contribution in [3.63, 3.8) is 0 Å². The summed E-state index contributed by atoms with van der Waals surface area (Å²) in [5.41, 5.74) is 6.13. The van der Waals surface area contributed by atoms with E-state index in [1.807, 2.05) is 0 Å². The molecule has 2 aromatic heterocycles. The molecule has 1 amide bonds. The molecule has 3 N–H and O–H groups in total. The molecule has 0 aromatic carbocycles. The molecule has 2 aromatic rings. The Labute approximate surface area is 121 Å². The van der Waals surface area contributed by atoms with E-state index in [2.05, 4.69) is 10.1 Å². The summed E-state index contributed by atoms with van der Waals surface area (Å²) in [5.74, 6) is 0.647. The third-order valence-corrected chi connectivity index (χ3v) is 2.91. The zero-order chi connectivity index (χ0) is 15.4. The number of nitrogens with two attached hydrogens (primary N) is 1. The monoisotopic (exact) mass is 292 g/mol. The van der Waals surface area contributed by atoms with E-state index in [-0.39, 0.29) is 19.0 Å². The minimum absolute atomic E-state index is 0.153. The van der Waals surface area contributed by atoms with Gasteiger partial charge in [-0.2, -0.15) is 0 Å². The molecule has 7 heteroatoms. The Morgan fingerprint density at radius 2 is 2.10 bits per heavy atom. The van der Waals surface area contributed by atoms with Crippen LogP contribution in [0.5, 0.6) is 0 Å². The highest BCUT2D eigenvalue weighted by Gasteiger charge is 2.16. The lowest BCUT2D eigenvalue weighted by Gasteiger charge is -1.99. The number of carbonyl (C=O) groups is 2. The van der Waals surface area contributed by atoms with Gasteiger partial charge in [0, 0.05) is 0 Å². The SMILES string of the molecule is COC(=O)c1cc(CNC(=O)c2coc(CN)c2)oc1C. The van der Waals surface area contributed by atoms with Crippen LogP contribution in [-0.4, -0.2) is 19.0 Å². The number of carbonyl (C=O) groups excluding carboxylic acids is 2. The number of rotatable bonds is 5. The Morgan fingerprint density at radius 3 is 2.71 bits per heavy atom. The lowest BCUT2D eigenvalue weighted by molar-refractivity contribution is 0.0598. The first-order valence-electron chi connectivity index (χ1n) is 6.28. The number of methoxy groups -OCH3 is 1. The van der Waals surface area contributed by atoms with Gasteiger partial charge in [0.15, 0.2) is 0 Å². The lowest BCUT2D eigenvalue weighted by Crippen LogP contribution is -2.22. The first-order valence-corrected chi connectivity index (χ1v) is 6.28. The average Bonchev–Trinajstić information content (AvgIpc) is 3.10. The molecule has 0 aliphatic carbocycles. The first kappa shape index (κ1) is 14.9. The van der Waals surface area contributed by atoms with E-state index < -0.39 is 5.97 Å². The molecule has 2 heterocycles. The third-order valence-electron chi connectivity index (χ3n) is 2.91. The highest BCUT2D eigenvalue weighted by atomic mass is 16.5. The largest absolute Gasteiger partial charge is 0.467 e. The van der Waals surface area contributed by atoms with Gasteiger partial charge in [0.2, 0.25) is 0 Å². The van der Waals surface area contributed by atoms with E-state index in [1.54, 1.807) is 19.1 Å². The number of hydrogen-bond acceptors (Lipinski definition) is 6. The number of furan rings is 2. The summed E-state index contributed by atoms with van der Waals surface area (Å²) in [7, 11) is 1.30. The maximum atomic E-state index is 11.9. The molecule has 0 aliphatic heterocycles. The van der Waals surface area contributed by atoms with Crippen LogP contribution >= 0.6 is 0 Å². The highest BCUT2D eigenvalue weighted by Crippen LogP contribution is 2.16. The van der Waals surface area contributed by atoms with Crippen molar-refractivity contribution >= 4 is 11.9 Å². The maximum Gasteiger partial charge on any atom is 0.341 e. The Bertz CT molecular complexity index is 656. The molecular weight excluding hydrogens is 276 g/mol. The van der Waals surface area contributed by atoms with E-state index in [4.69, 9.17) is 14.6 Å². The summed E-state index contributed by atoms with van der Waals surface area (Å²) in [6, 6.07) is 3.12. The molecule has 21 heavy (non-hydrogen) atoms. The second-order valence-corrected chi connectivity index (χ2v) is 4.36. The predicted molar refractivity (Wildman–Crippen MR) is 72.6 cm³/mol. The first-order chi connectivity index (χ1) is 10.0. The molecular formula is C14H16N2O5. The van der Waals surface area contributed by atoms with Crippen LogP contribution in [-0.2, 0) is 17.8 Å². The van der Waals surface area contributed by atoms with Crippen LogP contribution in [0, 0.1) is 6.92 Å². The summed E-state index contributed by atoms with van der Waals surface area (Å²) >= 11 is 0. The molecule has 0 saturated carbocycles. The standard InChI is InChI=1S/C14H16N2O5/c1-8-12(14(18)19-2)4-11(21-8)6-16-13(17)9-3-10(5-15)20-7-9/h3-4,7H,5-6,15H2,1-2H3,(H,16,17). The van der Waals surface area contributed by atoms with Crippen molar-refractivity contribution in [1.82, 2.24) is 5.32 Å². The fourth-order valence-corrected chi connectivity index (χ4v) is 1.82. The van der Waals surface area contributed by atoms with Crippen LogP contribution in [0.1, 0.15) is 38.0 Å². The minimum atomic E-state index is -0.476. The van der Waals surface area contributed by atoms with Crippen molar-refractivity contribution in [2.75, 3.05) is 7.11 Å². The topological polar surface area (TPSA) is 108 Å². The van der Waals surface area contributed by atoms with Crippen molar-refractivity contribution in [1.29, 1.82) is 0 Å². The highest BCUT2D eigenvalue weighted by molar-refractivity contribution is 5.94. The number of esters is 1. The number of amides is 1. The zero-order valence-electron chi connectivity index (χ0n) is 11.8. The average molecular weight is 292 g/mol. The zero-order valence-corrected chi connectivity index (χ0v) is 11.8. The van der Waals surface area contributed by atoms with Crippen LogP contribution in [0.25, 0.3) is 0 Å². The quantitative estimate of drug-likeness (QED) is 0.805. The van der Waals surface area contributed by atoms with E-state index in [0.29, 0.717) is 28.4 Å². The molecule has 0 fully saturated rings. The van der Waals surface area contributed by atoms with Gasteiger partial charge in [-0.3, -0.25) is 4.79 Å². The lowest BCUT2D eigenvalue weighted by atomic mass is 10.2. The Kier molecular flexibility index (Phi) is 4.44. The minimum Gasteiger partial charge on any atom is -0.467 e. The molecule has 0 atom stereocenters. The van der Waals surface area contributed by atoms with Gasteiger partial charge in [0.1, 0.15) is 29.1 Å². The summed E-state index contributed by atoms with van der Waals surface area (Å²) in [6.07, 6.45) is 1.34. The molecule has 0 saturated heterocycles. The predicted octanol–water partition coefficient (Wildman–Crippen LogP) is 1.36. The summed E-state index contributed by atoms with van der Waals surface area (Å²) in [5, 5.41) is 2.66. The van der Waals surface area contributed by atoms with Gasteiger partial charge in [-0.05, 0) is 19.1 Å². The van der Waals surface area contributed by atoms with E-state index in [1.165, 1.54) is 13.4 Å². The molecule has 0 spiro atoms. The fraction of sp³-hybridized carbons (Fsp3) is 0.286. The van der Waals surface area contributed by atoms with Gasteiger partial charge < -0.3 is 24.6 Å². The second kappa shape index (κ2) is 6.27. The van der Waals surface area contributed by atoms with E-state index >= 15 is 0 Å². The summed E-state index contributed by atoms with van der Waals surface area (Å²) in [6.45, 7) is 2.04. The van der Waals surface area contributed by atoms with Crippen molar-refractivity contribution < 1.29 is 23.2 Å². The van der Waals surface area contributed by atoms with Gasteiger partial charge >= 0.3 is 5.97 Å². The second-order valence-electron chi connectivity index (χ2n) is 4.36.